The van der Waals surface area contributed by atoms with E-state index in [4.69, 9.17) is 4.74 Å². The van der Waals surface area contributed by atoms with Gasteiger partial charge in [-0.3, -0.25) is 0 Å². The van der Waals surface area contributed by atoms with Crippen LogP contribution in [-0.2, 0) is 0 Å². The average Bonchev–Trinajstić information content (AvgIpc) is 2.56. The van der Waals surface area contributed by atoms with Crippen LogP contribution in [0.2, 0.25) is 0 Å². The van der Waals surface area contributed by atoms with Gasteiger partial charge in [0.1, 0.15) is 5.75 Å². The topological polar surface area (TPSA) is 41.5 Å². The van der Waals surface area contributed by atoms with Gasteiger partial charge in [0.05, 0.1) is 19.3 Å². The van der Waals surface area contributed by atoms with Gasteiger partial charge in [-0.25, -0.2) is 0 Å². The molecule has 0 bridgehead atoms. The first-order valence-corrected chi connectivity index (χ1v) is 7.49. The lowest BCUT2D eigenvalue weighted by Gasteiger charge is -2.28. The predicted octanol–water partition coefficient (Wildman–Crippen LogP) is 2.88. The van der Waals surface area contributed by atoms with Crippen molar-refractivity contribution in [2.75, 3.05) is 19.8 Å². The van der Waals surface area contributed by atoms with Crippen LogP contribution in [0.1, 0.15) is 29.5 Å². The highest BCUT2D eigenvalue weighted by Crippen LogP contribution is 2.33. The Labute approximate surface area is 125 Å². The first-order chi connectivity index (χ1) is 10.4. The van der Waals surface area contributed by atoms with E-state index in [-0.39, 0.29) is 12.6 Å². The number of hydrogen-bond donors (Lipinski definition) is 2. The Morgan fingerprint density at radius 1 is 1.10 bits per heavy atom. The van der Waals surface area contributed by atoms with Crippen molar-refractivity contribution < 1.29 is 9.84 Å². The van der Waals surface area contributed by atoms with Crippen molar-refractivity contribution in [1.29, 1.82) is 0 Å². The van der Waals surface area contributed by atoms with Gasteiger partial charge in [-0.05, 0) is 23.6 Å². The zero-order chi connectivity index (χ0) is 14.5. The summed E-state index contributed by atoms with van der Waals surface area (Å²) in [5, 5.41) is 13.1. The molecule has 0 aliphatic carbocycles. The quantitative estimate of drug-likeness (QED) is 0.886. The highest BCUT2D eigenvalue weighted by Gasteiger charge is 2.22. The van der Waals surface area contributed by atoms with E-state index >= 15 is 0 Å². The van der Waals surface area contributed by atoms with Crippen LogP contribution in [0.25, 0.3) is 0 Å². The predicted molar refractivity (Wildman–Crippen MR) is 83.6 cm³/mol. The lowest BCUT2D eigenvalue weighted by molar-refractivity contribution is 0.231. The molecular weight excluding hydrogens is 262 g/mol. The minimum Gasteiger partial charge on any atom is -0.493 e. The van der Waals surface area contributed by atoms with E-state index in [0.29, 0.717) is 5.92 Å². The largest absolute Gasteiger partial charge is 0.493 e. The van der Waals surface area contributed by atoms with Gasteiger partial charge in [0.2, 0.25) is 0 Å². The molecule has 3 rings (SSSR count). The van der Waals surface area contributed by atoms with Crippen LogP contribution in [0.5, 0.6) is 5.75 Å². The van der Waals surface area contributed by atoms with Crippen LogP contribution in [0.15, 0.2) is 54.6 Å². The summed E-state index contributed by atoms with van der Waals surface area (Å²) in [7, 11) is 0. The summed E-state index contributed by atoms with van der Waals surface area (Å²) >= 11 is 0. The number of rotatable bonds is 5. The SMILES string of the molecule is OCC(NCC1CCOc2ccccc21)c1ccccc1. The van der Waals surface area contributed by atoms with E-state index in [2.05, 4.69) is 17.4 Å². The highest BCUT2D eigenvalue weighted by atomic mass is 16.5. The third-order valence-electron chi connectivity index (χ3n) is 4.08. The summed E-state index contributed by atoms with van der Waals surface area (Å²) in [6, 6.07) is 18.3. The van der Waals surface area contributed by atoms with Crippen molar-refractivity contribution in [2.45, 2.75) is 18.4 Å². The second kappa shape index (κ2) is 6.74. The fraction of sp³-hybridized carbons (Fsp3) is 0.333. The molecule has 0 radical (unpaired) electrons. The minimum absolute atomic E-state index is 0.0128. The van der Waals surface area contributed by atoms with E-state index in [1.807, 2.05) is 42.5 Å². The molecule has 0 amide bonds. The standard InChI is InChI=1S/C18H21NO2/c20-13-17(14-6-2-1-3-7-14)19-12-15-10-11-21-18-9-5-4-8-16(15)18/h1-9,15,17,19-20H,10-13H2. The number of fused-ring (bicyclic) bond motifs is 1. The number of nitrogens with one attached hydrogen (secondary N) is 1. The van der Waals surface area contributed by atoms with E-state index < -0.39 is 0 Å². The maximum absolute atomic E-state index is 9.62. The molecule has 2 atom stereocenters. The van der Waals surface area contributed by atoms with Crippen molar-refractivity contribution in [3.63, 3.8) is 0 Å². The van der Waals surface area contributed by atoms with E-state index in [1.165, 1.54) is 5.56 Å². The van der Waals surface area contributed by atoms with Gasteiger partial charge in [0.15, 0.2) is 0 Å². The Balaban J connectivity index is 1.68. The molecule has 3 nitrogen and oxygen atoms in total. The van der Waals surface area contributed by atoms with Crippen LogP contribution < -0.4 is 10.1 Å². The summed E-state index contributed by atoms with van der Waals surface area (Å²) in [5.41, 5.74) is 2.39. The van der Waals surface area contributed by atoms with Crippen LogP contribution in [-0.4, -0.2) is 24.9 Å². The van der Waals surface area contributed by atoms with Crippen LogP contribution in [0, 0.1) is 0 Å². The molecule has 0 aromatic heterocycles. The second-order valence-electron chi connectivity index (χ2n) is 5.43. The summed E-state index contributed by atoms with van der Waals surface area (Å²) in [4.78, 5) is 0. The number of aliphatic hydroxyl groups is 1. The first kappa shape index (κ1) is 14.1. The van der Waals surface area contributed by atoms with Crippen molar-refractivity contribution in [1.82, 2.24) is 5.32 Å². The third kappa shape index (κ3) is 3.26. The van der Waals surface area contributed by atoms with Gasteiger partial charge in [-0.2, -0.15) is 0 Å². The Morgan fingerprint density at radius 3 is 2.67 bits per heavy atom. The summed E-state index contributed by atoms with van der Waals surface area (Å²) in [6.07, 6.45) is 1.01. The lowest BCUT2D eigenvalue weighted by atomic mass is 9.92. The fourth-order valence-electron chi connectivity index (χ4n) is 2.89. The zero-order valence-electron chi connectivity index (χ0n) is 12.0. The maximum atomic E-state index is 9.62. The monoisotopic (exact) mass is 283 g/mol. The Hall–Kier alpha value is -1.84. The summed E-state index contributed by atoms with van der Waals surface area (Å²) < 4.78 is 5.69. The molecule has 0 saturated carbocycles. The normalized spacial score (nSPS) is 18.6. The van der Waals surface area contributed by atoms with Crippen molar-refractivity contribution >= 4 is 0 Å². The number of para-hydroxylation sites is 1. The van der Waals surface area contributed by atoms with Crippen molar-refractivity contribution in [3.05, 3.63) is 65.7 Å². The lowest BCUT2D eigenvalue weighted by Crippen LogP contribution is -2.31. The highest BCUT2D eigenvalue weighted by molar-refractivity contribution is 5.38. The van der Waals surface area contributed by atoms with Gasteiger partial charge in [-0.15, -0.1) is 0 Å². The third-order valence-corrected chi connectivity index (χ3v) is 4.08. The maximum Gasteiger partial charge on any atom is 0.122 e. The zero-order valence-corrected chi connectivity index (χ0v) is 12.0. The molecule has 2 N–H and O–H groups in total. The molecule has 21 heavy (non-hydrogen) atoms. The number of ether oxygens (including phenoxy) is 1. The summed E-state index contributed by atoms with van der Waals surface area (Å²) in [5.74, 6) is 1.43. The van der Waals surface area contributed by atoms with Crippen LogP contribution >= 0.6 is 0 Å². The molecule has 2 unspecified atom stereocenters. The van der Waals surface area contributed by atoms with Crippen LogP contribution in [0.4, 0.5) is 0 Å². The molecule has 1 aliphatic heterocycles. The molecule has 0 spiro atoms. The van der Waals surface area contributed by atoms with Gasteiger partial charge < -0.3 is 15.2 Å². The molecule has 0 fully saturated rings. The van der Waals surface area contributed by atoms with Crippen LogP contribution in [0.3, 0.4) is 0 Å². The van der Waals surface area contributed by atoms with E-state index in [0.717, 1.165) is 30.9 Å². The Morgan fingerprint density at radius 2 is 1.86 bits per heavy atom. The first-order valence-electron chi connectivity index (χ1n) is 7.49. The smallest absolute Gasteiger partial charge is 0.122 e. The van der Waals surface area contributed by atoms with Gasteiger partial charge >= 0.3 is 0 Å². The van der Waals surface area contributed by atoms with E-state index in [1.54, 1.807) is 0 Å². The number of aliphatic hydroxyl groups excluding tert-OH is 1. The van der Waals surface area contributed by atoms with Crippen molar-refractivity contribution in [2.24, 2.45) is 0 Å². The molecule has 0 saturated heterocycles. The molecule has 3 heteroatoms. The minimum atomic E-state index is -0.0128. The molecule has 2 aromatic carbocycles. The van der Waals surface area contributed by atoms with E-state index in [9.17, 15) is 5.11 Å². The molecule has 1 heterocycles. The Kier molecular flexibility index (Phi) is 4.53. The Bertz CT molecular complexity index is 570. The second-order valence-corrected chi connectivity index (χ2v) is 5.43. The molecule has 2 aromatic rings. The van der Waals surface area contributed by atoms with Gasteiger partial charge in [0, 0.05) is 12.5 Å². The average molecular weight is 283 g/mol. The van der Waals surface area contributed by atoms with Gasteiger partial charge in [0.25, 0.3) is 0 Å². The number of benzene rings is 2. The van der Waals surface area contributed by atoms with Crippen molar-refractivity contribution in [3.8, 4) is 5.75 Å². The molecule has 110 valence electrons. The fourth-order valence-corrected chi connectivity index (χ4v) is 2.89. The molecule has 1 aliphatic rings. The number of hydrogen-bond acceptors (Lipinski definition) is 3. The van der Waals surface area contributed by atoms with Gasteiger partial charge in [-0.1, -0.05) is 48.5 Å². The molecular formula is C18H21NO2. The summed E-state index contributed by atoms with van der Waals surface area (Å²) in [6.45, 7) is 1.72.